The molecule has 0 radical (unpaired) electrons. The number of rotatable bonds is 4. The summed E-state index contributed by atoms with van der Waals surface area (Å²) in [6.45, 7) is 1.60. The summed E-state index contributed by atoms with van der Waals surface area (Å²) in [4.78, 5) is 50.3. The van der Waals surface area contributed by atoms with E-state index in [-0.39, 0.29) is 16.3 Å². The van der Waals surface area contributed by atoms with Crippen molar-refractivity contribution in [3.63, 3.8) is 0 Å². The molecule has 1 heterocycles. The van der Waals surface area contributed by atoms with Gasteiger partial charge in [-0.3, -0.25) is 29.6 Å². The number of imide groups is 2. The van der Waals surface area contributed by atoms with Crippen LogP contribution >= 0.6 is 11.6 Å². The molecule has 5 amide bonds. The molecule has 0 bridgehead atoms. The quantitative estimate of drug-likeness (QED) is 0.616. The molecule has 0 saturated carbocycles. The lowest BCUT2D eigenvalue weighted by molar-refractivity contribution is -0.145. The normalized spacial score (nSPS) is 16.3. The summed E-state index contributed by atoms with van der Waals surface area (Å²) in [5.41, 5.74) is 5.37. The SMILES string of the molecule is C/C=C(/NNC(=O)c1ccccc1Cl)C1C(=O)N(C)C(=O)N(C)C1=O. The van der Waals surface area contributed by atoms with Crippen molar-refractivity contribution in [2.45, 2.75) is 6.92 Å². The summed E-state index contributed by atoms with van der Waals surface area (Å²) in [5.74, 6) is -3.14. The molecule has 0 atom stereocenters. The number of carbonyl (C=O) groups is 4. The zero-order chi connectivity index (χ0) is 18.7. The standard InChI is InChI=1S/C16H17ClN4O4/c1-4-11(12-14(23)20(2)16(25)21(3)15(12)24)18-19-13(22)9-7-5-6-8-10(9)17/h4-8,12,18H,1-3H3,(H,19,22)/b11-4+. The van der Waals surface area contributed by atoms with Crippen molar-refractivity contribution in [2.24, 2.45) is 5.92 Å². The van der Waals surface area contributed by atoms with Gasteiger partial charge in [-0.25, -0.2) is 4.79 Å². The third-order valence-corrected chi connectivity index (χ3v) is 4.12. The number of carbonyl (C=O) groups excluding carboxylic acids is 4. The van der Waals surface area contributed by atoms with Crippen LogP contribution in [0.5, 0.6) is 0 Å². The second-order valence-corrected chi connectivity index (χ2v) is 5.72. The molecule has 25 heavy (non-hydrogen) atoms. The molecule has 1 aliphatic heterocycles. The fourth-order valence-electron chi connectivity index (χ4n) is 2.33. The number of barbiturate groups is 1. The van der Waals surface area contributed by atoms with Gasteiger partial charge in [0.2, 0.25) is 11.8 Å². The number of hydrazine groups is 1. The summed E-state index contributed by atoms with van der Waals surface area (Å²) in [6, 6.07) is 5.73. The van der Waals surface area contributed by atoms with Gasteiger partial charge in [0.25, 0.3) is 5.91 Å². The highest BCUT2D eigenvalue weighted by Crippen LogP contribution is 2.21. The Hall–Kier alpha value is -2.87. The van der Waals surface area contributed by atoms with E-state index in [2.05, 4.69) is 10.9 Å². The molecule has 1 saturated heterocycles. The number of amides is 5. The molecule has 0 aromatic heterocycles. The summed E-state index contributed by atoms with van der Waals surface area (Å²) in [7, 11) is 2.58. The zero-order valence-corrected chi connectivity index (χ0v) is 14.6. The van der Waals surface area contributed by atoms with Crippen molar-refractivity contribution in [1.29, 1.82) is 0 Å². The van der Waals surface area contributed by atoms with Gasteiger partial charge in [-0.2, -0.15) is 0 Å². The predicted molar refractivity (Wildman–Crippen MR) is 90.2 cm³/mol. The Morgan fingerprint density at radius 3 is 2.16 bits per heavy atom. The van der Waals surface area contributed by atoms with Crippen LogP contribution < -0.4 is 10.9 Å². The predicted octanol–water partition coefficient (Wildman–Crippen LogP) is 1.14. The number of benzene rings is 1. The third kappa shape index (κ3) is 3.48. The van der Waals surface area contributed by atoms with Crippen molar-refractivity contribution in [3.8, 4) is 0 Å². The number of urea groups is 1. The average Bonchev–Trinajstić information content (AvgIpc) is 2.61. The average molecular weight is 365 g/mol. The first-order chi connectivity index (χ1) is 11.8. The summed E-state index contributed by atoms with van der Waals surface area (Å²) in [5, 5.41) is 0.263. The molecular weight excluding hydrogens is 348 g/mol. The van der Waals surface area contributed by atoms with Crippen LogP contribution in [0, 0.1) is 5.92 Å². The van der Waals surface area contributed by atoms with Gasteiger partial charge < -0.3 is 5.43 Å². The fourth-order valence-corrected chi connectivity index (χ4v) is 2.55. The molecule has 0 unspecified atom stereocenters. The highest BCUT2D eigenvalue weighted by molar-refractivity contribution is 6.33. The lowest BCUT2D eigenvalue weighted by Crippen LogP contribution is -2.59. The smallest absolute Gasteiger partial charge is 0.301 e. The highest BCUT2D eigenvalue weighted by atomic mass is 35.5. The van der Waals surface area contributed by atoms with Crippen LogP contribution in [-0.2, 0) is 9.59 Å². The Labute approximate surface area is 149 Å². The maximum atomic E-state index is 12.3. The van der Waals surface area contributed by atoms with Gasteiger partial charge in [-0.05, 0) is 19.1 Å². The van der Waals surface area contributed by atoms with E-state index in [4.69, 9.17) is 11.6 Å². The molecule has 9 heteroatoms. The van der Waals surface area contributed by atoms with Crippen LogP contribution in [0.15, 0.2) is 36.0 Å². The number of hydrogen-bond acceptors (Lipinski definition) is 5. The van der Waals surface area contributed by atoms with E-state index in [1.165, 1.54) is 26.2 Å². The fraction of sp³-hybridized carbons (Fsp3) is 0.250. The van der Waals surface area contributed by atoms with Crippen LogP contribution in [0.25, 0.3) is 0 Å². The lowest BCUT2D eigenvalue weighted by atomic mass is 10.00. The number of hydrogen-bond donors (Lipinski definition) is 2. The van der Waals surface area contributed by atoms with Crippen LogP contribution in [0.2, 0.25) is 5.02 Å². The van der Waals surface area contributed by atoms with Crippen molar-refractivity contribution in [2.75, 3.05) is 14.1 Å². The van der Waals surface area contributed by atoms with Crippen LogP contribution in [0.4, 0.5) is 4.79 Å². The maximum Gasteiger partial charge on any atom is 0.332 e. The van der Waals surface area contributed by atoms with E-state index < -0.39 is 29.7 Å². The maximum absolute atomic E-state index is 12.3. The topological polar surface area (TPSA) is 98.8 Å². The van der Waals surface area contributed by atoms with Gasteiger partial charge >= 0.3 is 6.03 Å². The van der Waals surface area contributed by atoms with E-state index >= 15 is 0 Å². The molecule has 0 aliphatic carbocycles. The molecule has 1 aromatic carbocycles. The Morgan fingerprint density at radius 1 is 1.08 bits per heavy atom. The minimum atomic E-state index is -1.25. The Kier molecular flexibility index (Phi) is 5.43. The van der Waals surface area contributed by atoms with Gasteiger partial charge in [-0.15, -0.1) is 0 Å². The van der Waals surface area contributed by atoms with Gasteiger partial charge in [0, 0.05) is 19.8 Å². The van der Waals surface area contributed by atoms with Crippen molar-refractivity contribution in [3.05, 3.63) is 46.6 Å². The van der Waals surface area contributed by atoms with Crippen molar-refractivity contribution >= 4 is 35.4 Å². The van der Waals surface area contributed by atoms with E-state index in [1.54, 1.807) is 25.1 Å². The molecule has 132 valence electrons. The second-order valence-electron chi connectivity index (χ2n) is 5.31. The second kappa shape index (κ2) is 7.35. The highest BCUT2D eigenvalue weighted by Gasteiger charge is 2.44. The van der Waals surface area contributed by atoms with E-state index in [1.807, 2.05) is 0 Å². The molecular formula is C16H17ClN4O4. The minimum Gasteiger partial charge on any atom is -0.301 e. The number of halogens is 1. The molecule has 1 fully saturated rings. The Morgan fingerprint density at radius 2 is 1.64 bits per heavy atom. The lowest BCUT2D eigenvalue weighted by Gasteiger charge is -2.34. The van der Waals surface area contributed by atoms with Crippen molar-refractivity contribution in [1.82, 2.24) is 20.7 Å². The van der Waals surface area contributed by atoms with Crippen LogP contribution in [0.3, 0.4) is 0 Å². The zero-order valence-electron chi connectivity index (χ0n) is 13.9. The van der Waals surface area contributed by atoms with E-state index in [9.17, 15) is 19.2 Å². The summed E-state index contributed by atoms with van der Waals surface area (Å²) >= 11 is 5.96. The first-order valence-electron chi connectivity index (χ1n) is 7.35. The van der Waals surface area contributed by atoms with Crippen molar-refractivity contribution < 1.29 is 19.2 Å². The molecule has 1 aliphatic rings. The number of allylic oxidation sites excluding steroid dienone is 1. The molecule has 8 nitrogen and oxygen atoms in total. The van der Waals surface area contributed by atoms with E-state index in [0.29, 0.717) is 0 Å². The Balaban J connectivity index is 2.16. The van der Waals surface area contributed by atoms with E-state index in [0.717, 1.165) is 9.80 Å². The molecule has 1 aromatic rings. The third-order valence-electron chi connectivity index (χ3n) is 3.79. The summed E-state index contributed by atoms with van der Waals surface area (Å²) in [6.07, 6.45) is 1.48. The first kappa shape index (κ1) is 18.5. The number of nitrogens with zero attached hydrogens (tertiary/aromatic N) is 2. The molecule has 2 rings (SSSR count). The Bertz CT molecular complexity index is 753. The largest absolute Gasteiger partial charge is 0.332 e. The monoisotopic (exact) mass is 364 g/mol. The number of nitrogens with one attached hydrogen (secondary N) is 2. The van der Waals surface area contributed by atoms with Crippen LogP contribution in [0.1, 0.15) is 17.3 Å². The van der Waals surface area contributed by atoms with Crippen LogP contribution in [-0.4, -0.2) is 47.6 Å². The molecule has 0 spiro atoms. The van der Waals surface area contributed by atoms with Gasteiger partial charge in [-0.1, -0.05) is 29.8 Å². The first-order valence-corrected chi connectivity index (χ1v) is 7.73. The molecule has 2 N–H and O–H groups in total. The summed E-state index contributed by atoms with van der Waals surface area (Å²) < 4.78 is 0. The minimum absolute atomic E-state index is 0.154. The van der Waals surface area contributed by atoms with Gasteiger partial charge in [0.1, 0.15) is 0 Å². The van der Waals surface area contributed by atoms with Gasteiger partial charge in [0.15, 0.2) is 5.92 Å². The van der Waals surface area contributed by atoms with Gasteiger partial charge in [0.05, 0.1) is 10.6 Å².